The third-order valence-corrected chi connectivity index (χ3v) is 3.63. The van der Waals surface area contributed by atoms with Gasteiger partial charge in [-0.15, -0.1) is 10.2 Å². The van der Waals surface area contributed by atoms with E-state index in [-0.39, 0.29) is 17.9 Å². The molecule has 0 aromatic carbocycles. The van der Waals surface area contributed by atoms with Crippen molar-refractivity contribution in [1.82, 2.24) is 14.6 Å². The lowest BCUT2D eigenvalue weighted by molar-refractivity contribution is -0.120. The topological polar surface area (TPSA) is 85.3 Å². The van der Waals surface area contributed by atoms with Crippen molar-refractivity contribution in [3.63, 3.8) is 0 Å². The highest BCUT2D eigenvalue weighted by molar-refractivity contribution is 5.91. The zero-order chi connectivity index (χ0) is 13.2. The van der Waals surface area contributed by atoms with Gasteiger partial charge in [-0.25, -0.2) is 0 Å². The number of nitrogens with two attached hydrogens (primary N) is 1. The Morgan fingerprint density at radius 1 is 1.37 bits per heavy atom. The molecule has 0 radical (unpaired) electrons. The van der Waals surface area contributed by atoms with Crippen molar-refractivity contribution in [3.05, 3.63) is 24.4 Å². The number of fused-ring (bicyclic) bond motifs is 1. The third kappa shape index (κ3) is 2.44. The molecule has 19 heavy (non-hydrogen) atoms. The normalized spacial score (nSPS) is 23.4. The van der Waals surface area contributed by atoms with Crippen LogP contribution >= 0.6 is 0 Å². The molecule has 3 rings (SSSR count). The van der Waals surface area contributed by atoms with Gasteiger partial charge in [0.25, 0.3) is 0 Å². The van der Waals surface area contributed by atoms with Crippen molar-refractivity contribution in [3.8, 4) is 0 Å². The number of pyridine rings is 1. The number of hydrogen-bond donors (Lipinski definition) is 2. The first kappa shape index (κ1) is 12.1. The average molecular weight is 259 g/mol. The van der Waals surface area contributed by atoms with Gasteiger partial charge in [-0.1, -0.05) is 12.5 Å². The van der Waals surface area contributed by atoms with Crippen LogP contribution < -0.4 is 11.1 Å². The summed E-state index contributed by atoms with van der Waals surface area (Å²) in [6.45, 7) is 0. The van der Waals surface area contributed by atoms with Gasteiger partial charge >= 0.3 is 0 Å². The van der Waals surface area contributed by atoms with E-state index in [1.54, 1.807) is 4.40 Å². The summed E-state index contributed by atoms with van der Waals surface area (Å²) in [6.07, 6.45) is 5.51. The van der Waals surface area contributed by atoms with E-state index in [9.17, 15) is 4.79 Å². The molecule has 1 aliphatic rings. The summed E-state index contributed by atoms with van der Waals surface area (Å²) in [7, 11) is 0. The van der Waals surface area contributed by atoms with Crippen LogP contribution in [0.2, 0.25) is 0 Å². The van der Waals surface area contributed by atoms with Crippen LogP contribution in [-0.4, -0.2) is 26.5 Å². The molecule has 2 heterocycles. The highest BCUT2D eigenvalue weighted by atomic mass is 16.2. The first-order chi connectivity index (χ1) is 9.24. The number of amides is 1. The van der Waals surface area contributed by atoms with Gasteiger partial charge in [0, 0.05) is 18.2 Å². The van der Waals surface area contributed by atoms with Gasteiger partial charge in [-0.05, 0) is 31.4 Å². The number of aromatic nitrogens is 3. The van der Waals surface area contributed by atoms with E-state index >= 15 is 0 Å². The lowest BCUT2D eigenvalue weighted by Gasteiger charge is -2.25. The molecule has 0 aliphatic heterocycles. The summed E-state index contributed by atoms with van der Waals surface area (Å²) in [5.41, 5.74) is 6.63. The second-order valence-electron chi connectivity index (χ2n) is 5.07. The maximum Gasteiger partial charge on any atom is 0.235 e. The molecule has 6 heteroatoms. The average Bonchev–Trinajstić information content (AvgIpc) is 2.82. The summed E-state index contributed by atoms with van der Waals surface area (Å²) in [4.78, 5) is 12.2. The largest absolute Gasteiger partial charge is 0.328 e. The van der Waals surface area contributed by atoms with Crippen molar-refractivity contribution in [2.24, 2.45) is 11.7 Å². The maximum absolute atomic E-state index is 12.2. The molecule has 2 unspecified atom stereocenters. The summed E-state index contributed by atoms with van der Waals surface area (Å²) in [5, 5.41) is 10.9. The Morgan fingerprint density at radius 2 is 2.26 bits per heavy atom. The van der Waals surface area contributed by atoms with Crippen LogP contribution in [0.1, 0.15) is 25.7 Å². The maximum atomic E-state index is 12.2. The van der Waals surface area contributed by atoms with Crippen LogP contribution in [0.4, 0.5) is 5.95 Å². The van der Waals surface area contributed by atoms with Crippen LogP contribution in [0.15, 0.2) is 24.4 Å². The second kappa shape index (κ2) is 4.97. The molecule has 100 valence electrons. The Labute approximate surface area is 111 Å². The number of hydrogen-bond acceptors (Lipinski definition) is 4. The molecule has 1 saturated carbocycles. The Kier molecular flexibility index (Phi) is 3.16. The van der Waals surface area contributed by atoms with Crippen LogP contribution in [-0.2, 0) is 4.79 Å². The van der Waals surface area contributed by atoms with Crippen LogP contribution in [0.25, 0.3) is 5.65 Å². The monoisotopic (exact) mass is 259 g/mol. The molecule has 1 fully saturated rings. The van der Waals surface area contributed by atoms with Gasteiger partial charge < -0.3 is 5.73 Å². The molecule has 2 aromatic rings. The minimum absolute atomic E-state index is 0.00620. The summed E-state index contributed by atoms with van der Waals surface area (Å²) in [5.74, 6) is 0.452. The van der Waals surface area contributed by atoms with Crippen molar-refractivity contribution >= 4 is 17.5 Å². The molecule has 3 N–H and O–H groups in total. The van der Waals surface area contributed by atoms with E-state index in [0.29, 0.717) is 5.95 Å². The molecular weight excluding hydrogens is 242 g/mol. The minimum Gasteiger partial charge on any atom is -0.328 e. The lowest BCUT2D eigenvalue weighted by Crippen LogP contribution is -2.34. The number of nitrogens with one attached hydrogen (secondary N) is 1. The van der Waals surface area contributed by atoms with Crippen LogP contribution in [0, 0.1) is 5.92 Å². The molecule has 0 saturated heterocycles. The van der Waals surface area contributed by atoms with Crippen LogP contribution in [0.3, 0.4) is 0 Å². The van der Waals surface area contributed by atoms with Crippen molar-refractivity contribution in [2.75, 3.05) is 5.32 Å². The van der Waals surface area contributed by atoms with Gasteiger partial charge in [0.2, 0.25) is 11.9 Å². The minimum atomic E-state index is -0.0141. The van der Waals surface area contributed by atoms with E-state index in [0.717, 1.165) is 31.3 Å². The third-order valence-electron chi connectivity index (χ3n) is 3.63. The summed E-state index contributed by atoms with van der Waals surface area (Å²) >= 11 is 0. The predicted octanol–water partition coefficient (Wildman–Crippen LogP) is 1.19. The predicted molar refractivity (Wildman–Crippen MR) is 71.6 cm³/mol. The number of anilines is 1. The van der Waals surface area contributed by atoms with E-state index in [1.165, 1.54) is 0 Å². The molecule has 2 atom stereocenters. The Bertz CT molecular complexity index is 593. The molecular formula is C13H17N5O. The Morgan fingerprint density at radius 3 is 3.11 bits per heavy atom. The van der Waals surface area contributed by atoms with E-state index < -0.39 is 0 Å². The zero-order valence-corrected chi connectivity index (χ0v) is 10.6. The second-order valence-corrected chi connectivity index (χ2v) is 5.07. The first-order valence-electron chi connectivity index (χ1n) is 6.60. The fourth-order valence-corrected chi connectivity index (χ4v) is 2.60. The van der Waals surface area contributed by atoms with Gasteiger partial charge in [-0.3, -0.25) is 14.5 Å². The molecule has 0 bridgehead atoms. The SMILES string of the molecule is NC1CCCC(C(=O)Nc2nnc3ccccn23)C1. The number of carbonyl (C=O) groups is 1. The van der Waals surface area contributed by atoms with Gasteiger partial charge in [0.1, 0.15) is 0 Å². The highest BCUT2D eigenvalue weighted by Gasteiger charge is 2.26. The fourth-order valence-electron chi connectivity index (χ4n) is 2.60. The van der Waals surface area contributed by atoms with E-state index in [4.69, 9.17) is 5.73 Å². The first-order valence-corrected chi connectivity index (χ1v) is 6.60. The Balaban J connectivity index is 1.75. The summed E-state index contributed by atoms with van der Waals surface area (Å²) in [6, 6.07) is 5.75. The molecule has 0 spiro atoms. The number of carbonyl (C=O) groups excluding carboxylic acids is 1. The number of rotatable bonds is 2. The van der Waals surface area contributed by atoms with E-state index in [1.807, 2.05) is 24.4 Å². The van der Waals surface area contributed by atoms with Crippen molar-refractivity contribution in [1.29, 1.82) is 0 Å². The van der Waals surface area contributed by atoms with Crippen LogP contribution in [0.5, 0.6) is 0 Å². The number of nitrogens with zero attached hydrogens (tertiary/aromatic N) is 3. The Hall–Kier alpha value is -1.95. The summed E-state index contributed by atoms with van der Waals surface area (Å²) < 4.78 is 1.76. The molecule has 1 aliphatic carbocycles. The quantitative estimate of drug-likeness (QED) is 0.848. The standard InChI is InChI=1S/C13H17N5O/c14-10-5-3-4-9(8-10)12(19)15-13-17-16-11-6-1-2-7-18(11)13/h1-2,6-7,9-10H,3-5,8,14H2,(H,15,17,19). The zero-order valence-electron chi connectivity index (χ0n) is 10.6. The van der Waals surface area contributed by atoms with E-state index in [2.05, 4.69) is 15.5 Å². The molecule has 6 nitrogen and oxygen atoms in total. The lowest BCUT2D eigenvalue weighted by atomic mass is 9.85. The van der Waals surface area contributed by atoms with Crippen molar-refractivity contribution in [2.45, 2.75) is 31.7 Å². The molecule has 1 amide bonds. The highest BCUT2D eigenvalue weighted by Crippen LogP contribution is 2.24. The molecule has 2 aromatic heterocycles. The van der Waals surface area contributed by atoms with Gasteiger partial charge in [0.15, 0.2) is 5.65 Å². The smallest absolute Gasteiger partial charge is 0.235 e. The fraction of sp³-hybridized carbons (Fsp3) is 0.462. The van der Waals surface area contributed by atoms with Gasteiger partial charge in [0.05, 0.1) is 0 Å². The van der Waals surface area contributed by atoms with Crippen molar-refractivity contribution < 1.29 is 4.79 Å². The van der Waals surface area contributed by atoms with Gasteiger partial charge in [-0.2, -0.15) is 0 Å².